The molecule has 0 saturated carbocycles. The van der Waals surface area contributed by atoms with E-state index in [1.807, 2.05) is 25.3 Å². The number of hydrogen-bond donors (Lipinski definition) is 1. The smallest absolute Gasteiger partial charge is 0.126 e. The first kappa shape index (κ1) is 10.5. The third-order valence-corrected chi connectivity index (χ3v) is 3.54. The van der Waals surface area contributed by atoms with E-state index in [2.05, 4.69) is 9.97 Å². The quantitative estimate of drug-likeness (QED) is 0.868. The summed E-state index contributed by atoms with van der Waals surface area (Å²) in [4.78, 5) is 9.47. The van der Waals surface area contributed by atoms with E-state index in [0.29, 0.717) is 0 Å². The van der Waals surface area contributed by atoms with Crippen LogP contribution >= 0.6 is 11.3 Å². The molecule has 2 unspecified atom stereocenters. The van der Waals surface area contributed by atoms with E-state index in [0.717, 1.165) is 22.3 Å². The molecule has 2 heterocycles. The second-order valence-corrected chi connectivity index (χ2v) is 4.56. The van der Waals surface area contributed by atoms with E-state index in [9.17, 15) is 5.11 Å². The maximum absolute atomic E-state index is 9.82. The summed E-state index contributed by atoms with van der Waals surface area (Å²) >= 11 is 1.61. The van der Waals surface area contributed by atoms with Gasteiger partial charge in [-0.3, -0.25) is 0 Å². The fourth-order valence-corrected chi connectivity index (χ4v) is 2.45. The van der Waals surface area contributed by atoms with Gasteiger partial charge in [0, 0.05) is 11.3 Å². The molecular weight excluding hydrogens is 208 g/mol. The van der Waals surface area contributed by atoms with E-state index >= 15 is 0 Å². The van der Waals surface area contributed by atoms with Crippen LogP contribution in [0, 0.1) is 0 Å². The van der Waals surface area contributed by atoms with Gasteiger partial charge in [0.05, 0.1) is 11.8 Å². The van der Waals surface area contributed by atoms with Crippen molar-refractivity contribution in [2.24, 2.45) is 0 Å². The number of aliphatic hydroxyl groups is 1. The number of aromatic nitrogens is 2. The Hall–Kier alpha value is -1.00. The van der Waals surface area contributed by atoms with Gasteiger partial charge in [-0.2, -0.15) is 0 Å². The molecule has 2 rings (SSSR count). The molecule has 0 spiro atoms. The van der Waals surface area contributed by atoms with Gasteiger partial charge in [-0.05, 0) is 17.9 Å². The van der Waals surface area contributed by atoms with Crippen LogP contribution in [0.2, 0.25) is 0 Å². The Bertz CT molecular complexity index is 455. The standard InChI is InChI=1S/C11H14N2OS/c1-3-9(14)7(2)10-8-4-5-15-11(8)13-6-12-10/h4-7,9,14H,3H2,1-2H3. The van der Waals surface area contributed by atoms with Crippen molar-refractivity contribution in [2.75, 3.05) is 0 Å². The number of thiophene rings is 1. The molecular formula is C11H14N2OS. The molecule has 0 amide bonds. The molecule has 2 atom stereocenters. The summed E-state index contributed by atoms with van der Waals surface area (Å²) in [5, 5.41) is 12.9. The lowest BCUT2D eigenvalue weighted by atomic mass is 9.97. The van der Waals surface area contributed by atoms with Crippen molar-refractivity contribution in [3.05, 3.63) is 23.5 Å². The third-order valence-electron chi connectivity index (χ3n) is 2.72. The summed E-state index contributed by atoms with van der Waals surface area (Å²) in [5.74, 6) is 0.0649. The van der Waals surface area contributed by atoms with Gasteiger partial charge in [0.15, 0.2) is 0 Å². The maximum atomic E-state index is 9.82. The zero-order chi connectivity index (χ0) is 10.8. The first-order chi connectivity index (χ1) is 7.24. The van der Waals surface area contributed by atoms with E-state index in [1.165, 1.54) is 0 Å². The second-order valence-electron chi connectivity index (χ2n) is 3.66. The number of aliphatic hydroxyl groups excluding tert-OH is 1. The van der Waals surface area contributed by atoms with Gasteiger partial charge in [0.1, 0.15) is 11.2 Å². The molecule has 0 radical (unpaired) electrons. The van der Waals surface area contributed by atoms with Crippen molar-refractivity contribution < 1.29 is 5.11 Å². The summed E-state index contributed by atoms with van der Waals surface area (Å²) < 4.78 is 0. The second kappa shape index (κ2) is 4.24. The van der Waals surface area contributed by atoms with Gasteiger partial charge in [-0.1, -0.05) is 13.8 Å². The summed E-state index contributed by atoms with van der Waals surface area (Å²) in [6.45, 7) is 3.99. The lowest BCUT2D eigenvalue weighted by Crippen LogP contribution is -2.15. The average molecular weight is 222 g/mol. The first-order valence-electron chi connectivity index (χ1n) is 5.10. The fourth-order valence-electron chi connectivity index (χ4n) is 1.71. The Labute approximate surface area is 92.8 Å². The number of nitrogens with zero attached hydrogens (tertiary/aromatic N) is 2. The van der Waals surface area contributed by atoms with Crippen LogP contribution in [0.5, 0.6) is 0 Å². The summed E-state index contributed by atoms with van der Waals surface area (Å²) in [7, 11) is 0. The number of hydrogen-bond acceptors (Lipinski definition) is 4. The van der Waals surface area contributed by atoms with Gasteiger partial charge in [0.2, 0.25) is 0 Å². The van der Waals surface area contributed by atoms with Crippen LogP contribution in [0.15, 0.2) is 17.8 Å². The van der Waals surface area contributed by atoms with Gasteiger partial charge in [-0.25, -0.2) is 9.97 Å². The van der Waals surface area contributed by atoms with E-state index in [4.69, 9.17) is 0 Å². The molecule has 0 aliphatic rings. The minimum Gasteiger partial charge on any atom is -0.392 e. The van der Waals surface area contributed by atoms with Crippen LogP contribution in [0.25, 0.3) is 10.2 Å². The number of rotatable bonds is 3. The predicted octanol–water partition coefficient (Wildman–Crippen LogP) is 2.57. The van der Waals surface area contributed by atoms with Crippen LogP contribution in [0.3, 0.4) is 0 Å². The minimum atomic E-state index is -0.331. The molecule has 0 fully saturated rings. The summed E-state index contributed by atoms with van der Waals surface area (Å²) in [6.07, 6.45) is 1.99. The molecule has 0 bridgehead atoms. The molecule has 4 heteroatoms. The van der Waals surface area contributed by atoms with Crippen molar-refractivity contribution in [1.82, 2.24) is 9.97 Å². The van der Waals surface area contributed by atoms with Crippen molar-refractivity contribution in [1.29, 1.82) is 0 Å². The van der Waals surface area contributed by atoms with Crippen molar-refractivity contribution in [2.45, 2.75) is 32.3 Å². The lowest BCUT2D eigenvalue weighted by Gasteiger charge is -2.16. The van der Waals surface area contributed by atoms with E-state index < -0.39 is 0 Å². The highest BCUT2D eigenvalue weighted by atomic mass is 32.1. The van der Waals surface area contributed by atoms with Crippen LogP contribution in [0.4, 0.5) is 0 Å². The Kier molecular flexibility index (Phi) is 2.98. The van der Waals surface area contributed by atoms with Crippen LogP contribution in [-0.4, -0.2) is 21.2 Å². The van der Waals surface area contributed by atoms with Gasteiger partial charge >= 0.3 is 0 Å². The zero-order valence-electron chi connectivity index (χ0n) is 8.84. The Morgan fingerprint density at radius 3 is 3.00 bits per heavy atom. The topological polar surface area (TPSA) is 46.0 Å². The minimum absolute atomic E-state index is 0.0649. The number of fused-ring (bicyclic) bond motifs is 1. The molecule has 0 saturated heterocycles. The molecule has 0 aliphatic heterocycles. The highest BCUT2D eigenvalue weighted by Gasteiger charge is 2.18. The predicted molar refractivity (Wildman–Crippen MR) is 62.1 cm³/mol. The van der Waals surface area contributed by atoms with Crippen molar-refractivity contribution in [3.63, 3.8) is 0 Å². The largest absolute Gasteiger partial charge is 0.392 e. The van der Waals surface area contributed by atoms with Crippen LogP contribution < -0.4 is 0 Å². The highest BCUT2D eigenvalue weighted by Crippen LogP contribution is 2.28. The molecule has 2 aromatic heterocycles. The first-order valence-corrected chi connectivity index (χ1v) is 5.98. The van der Waals surface area contributed by atoms with Gasteiger partial charge < -0.3 is 5.11 Å². The van der Waals surface area contributed by atoms with Crippen molar-refractivity contribution >= 4 is 21.6 Å². The average Bonchev–Trinajstić information content (AvgIpc) is 2.74. The Morgan fingerprint density at radius 2 is 2.27 bits per heavy atom. The lowest BCUT2D eigenvalue weighted by molar-refractivity contribution is 0.144. The molecule has 0 aromatic carbocycles. The molecule has 3 nitrogen and oxygen atoms in total. The van der Waals surface area contributed by atoms with Gasteiger partial charge in [0.25, 0.3) is 0 Å². The fraction of sp³-hybridized carbons (Fsp3) is 0.455. The molecule has 80 valence electrons. The SMILES string of the molecule is CCC(O)C(C)c1ncnc2sccc12. The maximum Gasteiger partial charge on any atom is 0.126 e. The van der Waals surface area contributed by atoms with Crippen LogP contribution in [0.1, 0.15) is 31.9 Å². The third kappa shape index (κ3) is 1.87. The molecule has 15 heavy (non-hydrogen) atoms. The summed E-state index contributed by atoms with van der Waals surface area (Å²) in [6, 6.07) is 2.02. The molecule has 0 aliphatic carbocycles. The summed E-state index contributed by atoms with van der Waals surface area (Å²) in [5.41, 5.74) is 0.954. The highest BCUT2D eigenvalue weighted by molar-refractivity contribution is 7.16. The monoisotopic (exact) mass is 222 g/mol. The normalized spacial score (nSPS) is 15.4. The zero-order valence-corrected chi connectivity index (χ0v) is 9.66. The Balaban J connectivity index is 2.46. The van der Waals surface area contributed by atoms with Gasteiger partial charge in [-0.15, -0.1) is 11.3 Å². The van der Waals surface area contributed by atoms with Crippen LogP contribution in [-0.2, 0) is 0 Å². The van der Waals surface area contributed by atoms with Crippen molar-refractivity contribution in [3.8, 4) is 0 Å². The van der Waals surface area contributed by atoms with E-state index in [-0.39, 0.29) is 12.0 Å². The molecule has 2 aromatic rings. The molecule has 1 N–H and O–H groups in total. The Morgan fingerprint density at radius 1 is 1.47 bits per heavy atom. The van der Waals surface area contributed by atoms with E-state index in [1.54, 1.807) is 17.7 Å².